The molecular weight excluding hydrogens is 256 g/mol. The Kier molecular flexibility index (Phi) is 3.16. The Bertz CT molecular complexity index is 395. The van der Waals surface area contributed by atoms with Crippen molar-refractivity contribution in [1.82, 2.24) is 10.3 Å². The summed E-state index contributed by atoms with van der Waals surface area (Å²) in [5.74, 6) is -0.0435. The summed E-state index contributed by atoms with van der Waals surface area (Å²) < 4.78 is 0.730. The number of nitrogens with zero attached hydrogens (tertiary/aromatic N) is 1. The summed E-state index contributed by atoms with van der Waals surface area (Å²) in [4.78, 5) is 15.7. The number of nitrogens with one attached hydrogen (secondary N) is 1. The van der Waals surface area contributed by atoms with Gasteiger partial charge in [0.15, 0.2) is 0 Å². The maximum absolute atomic E-state index is 11.8. The lowest BCUT2D eigenvalue weighted by Gasteiger charge is -2.12. The molecule has 0 spiro atoms. The molecule has 15 heavy (non-hydrogen) atoms. The number of carbonyl (C=O) groups excluding carboxylic acids is 1. The first-order valence-electron chi connectivity index (χ1n) is 4.83. The van der Waals surface area contributed by atoms with Gasteiger partial charge in [-0.25, -0.2) is 0 Å². The second-order valence-corrected chi connectivity index (χ2v) is 4.32. The maximum Gasteiger partial charge on any atom is 0.252 e. The van der Waals surface area contributed by atoms with Crippen LogP contribution in [0.4, 0.5) is 0 Å². The van der Waals surface area contributed by atoms with Crippen LogP contribution in [-0.2, 0) is 0 Å². The van der Waals surface area contributed by atoms with Crippen molar-refractivity contribution >= 4 is 21.8 Å². The number of carbonyl (C=O) groups is 1. The Morgan fingerprint density at radius 1 is 1.47 bits per heavy atom. The van der Waals surface area contributed by atoms with E-state index >= 15 is 0 Å². The van der Waals surface area contributed by atoms with E-state index in [2.05, 4.69) is 38.4 Å². The van der Waals surface area contributed by atoms with Gasteiger partial charge in [-0.2, -0.15) is 0 Å². The first-order valence-corrected chi connectivity index (χ1v) is 5.62. The van der Waals surface area contributed by atoms with E-state index in [1.807, 2.05) is 0 Å². The third-order valence-electron chi connectivity index (χ3n) is 2.36. The highest BCUT2D eigenvalue weighted by atomic mass is 79.9. The minimum Gasteiger partial charge on any atom is -0.349 e. The van der Waals surface area contributed by atoms with E-state index in [1.165, 1.54) is 0 Å². The second kappa shape index (κ2) is 4.57. The van der Waals surface area contributed by atoms with Crippen LogP contribution in [0.1, 0.15) is 23.2 Å². The van der Waals surface area contributed by atoms with Crippen molar-refractivity contribution in [3.8, 4) is 0 Å². The summed E-state index contributed by atoms with van der Waals surface area (Å²) in [6.45, 7) is 0. The molecule has 4 heteroatoms. The molecule has 1 heterocycles. The van der Waals surface area contributed by atoms with Gasteiger partial charge in [-0.1, -0.05) is 12.2 Å². The number of pyridine rings is 1. The summed E-state index contributed by atoms with van der Waals surface area (Å²) in [6, 6.07) is 1.96. The van der Waals surface area contributed by atoms with E-state index < -0.39 is 0 Å². The summed E-state index contributed by atoms with van der Waals surface area (Å²) in [7, 11) is 0. The molecule has 3 nitrogen and oxygen atoms in total. The van der Waals surface area contributed by atoms with Crippen molar-refractivity contribution in [3.63, 3.8) is 0 Å². The number of amides is 1. The molecule has 1 amide bonds. The molecule has 1 aliphatic carbocycles. The summed E-state index contributed by atoms with van der Waals surface area (Å²) >= 11 is 3.31. The highest BCUT2D eigenvalue weighted by molar-refractivity contribution is 9.10. The highest BCUT2D eigenvalue weighted by Gasteiger charge is 2.15. The van der Waals surface area contributed by atoms with Crippen molar-refractivity contribution in [3.05, 3.63) is 40.6 Å². The van der Waals surface area contributed by atoms with Crippen molar-refractivity contribution in [1.29, 1.82) is 0 Å². The van der Waals surface area contributed by atoms with Gasteiger partial charge >= 0.3 is 0 Å². The largest absolute Gasteiger partial charge is 0.349 e. The molecule has 1 aromatic rings. The van der Waals surface area contributed by atoms with Crippen LogP contribution >= 0.6 is 15.9 Å². The molecule has 0 aromatic carbocycles. The zero-order valence-electron chi connectivity index (χ0n) is 8.11. The topological polar surface area (TPSA) is 42.0 Å². The highest BCUT2D eigenvalue weighted by Crippen LogP contribution is 2.16. The van der Waals surface area contributed by atoms with Crippen LogP contribution < -0.4 is 5.32 Å². The predicted molar refractivity (Wildman–Crippen MR) is 61.6 cm³/mol. The van der Waals surface area contributed by atoms with Crippen LogP contribution in [0.25, 0.3) is 0 Å². The monoisotopic (exact) mass is 266 g/mol. The van der Waals surface area contributed by atoms with Crippen LogP contribution in [-0.4, -0.2) is 16.9 Å². The first-order chi connectivity index (χ1) is 7.27. The smallest absolute Gasteiger partial charge is 0.252 e. The Balaban J connectivity index is 2.05. The summed E-state index contributed by atoms with van der Waals surface area (Å²) in [5, 5.41) is 2.98. The predicted octanol–water partition coefficient (Wildman–Crippen LogP) is 2.29. The van der Waals surface area contributed by atoms with Gasteiger partial charge in [-0.3, -0.25) is 9.78 Å². The van der Waals surface area contributed by atoms with Crippen LogP contribution in [0.15, 0.2) is 35.1 Å². The van der Waals surface area contributed by atoms with E-state index in [1.54, 1.807) is 18.5 Å². The quantitative estimate of drug-likeness (QED) is 0.835. The van der Waals surface area contributed by atoms with Crippen molar-refractivity contribution in [2.45, 2.75) is 18.9 Å². The molecule has 0 saturated carbocycles. The number of halogens is 1. The third-order valence-corrected chi connectivity index (χ3v) is 2.99. The number of rotatable bonds is 2. The zero-order chi connectivity index (χ0) is 10.7. The lowest BCUT2D eigenvalue weighted by molar-refractivity contribution is 0.0938. The van der Waals surface area contributed by atoms with Crippen LogP contribution in [0.5, 0.6) is 0 Å². The molecule has 0 bridgehead atoms. The Labute approximate surface area is 96.7 Å². The number of aromatic nitrogens is 1. The van der Waals surface area contributed by atoms with Gasteiger partial charge in [0.05, 0.1) is 5.56 Å². The Hall–Kier alpha value is -1.16. The summed E-state index contributed by atoms with van der Waals surface area (Å²) in [6.07, 6.45) is 9.27. The molecule has 1 aliphatic rings. The molecule has 0 fully saturated rings. The van der Waals surface area contributed by atoms with Crippen molar-refractivity contribution in [2.24, 2.45) is 0 Å². The second-order valence-electron chi connectivity index (χ2n) is 3.47. The lowest BCUT2D eigenvalue weighted by Crippen LogP contribution is -2.33. The lowest BCUT2D eigenvalue weighted by atomic mass is 10.2. The Morgan fingerprint density at radius 2 is 2.20 bits per heavy atom. The average molecular weight is 267 g/mol. The van der Waals surface area contributed by atoms with E-state index in [9.17, 15) is 4.79 Å². The number of hydrogen-bond donors (Lipinski definition) is 1. The van der Waals surface area contributed by atoms with Gasteiger partial charge < -0.3 is 5.32 Å². The van der Waals surface area contributed by atoms with Gasteiger partial charge in [-0.15, -0.1) is 0 Å². The van der Waals surface area contributed by atoms with E-state index in [0.29, 0.717) is 5.56 Å². The molecule has 0 aliphatic heterocycles. The van der Waals surface area contributed by atoms with Gasteiger partial charge in [0, 0.05) is 22.9 Å². The molecule has 0 radical (unpaired) electrons. The van der Waals surface area contributed by atoms with Crippen LogP contribution in [0, 0.1) is 0 Å². The average Bonchev–Trinajstić information content (AvgIpc) is 2.71. The maximum atomic E-state index is 11.8. The molecule has 1 aromatic heterocycles. The SMILES string of the molecule is O=C(NC1CC=CC1)c1ccncc1Br. The van der Waals surface area contributed by atoms with Gasteiger partial charge in [0.2, 0.25) is 0 Å². The molecule has 1 N–H and O–H groups in total. The van der Waals surface area contributed by atoms with E-state index in [0.717, 1.165) is 17.3 Å². The minimum absolute atomic E-state index is 0.0435. The Morgan fingerprint density at radius 3 is 2.87 bits per heavy atom. The zero-order valence-corrected chi connectivity index (χ0v) is 9.70. The minimum atomic E-state index is -0.0435. The fourth-order valence-corrected chi connectivity index (χ4v) is 1.99. The van der Waals surface area contributed by atoms with Gasteiger partial charge in [-0.05, 0) is 34.8 Å². The van der Waals surface area contributed by atoms with Gasteiger partial charge in [0.1, 0.15) is 0 Å². The molecule has 0 unspecified atom stereocenters. The first kappa shape index (κ1) is 10.4. The normalized spacial score (nSPS) is 15.5. The molecular formula is C11H11BrN2O. The molecule has 78 valence electrons. The fourth-order valence-electron chi connectivity index (χ4n) is 1.56. The number of hydrogen-bond acceptors (Lipinski definition) is 2. The third kappa shape index (κ3) is 2.45. The fraction of sp³-hybridized carbons (Fsp3) is 0.273. The van der Waals surface area contributed by atoms with Crippen LogP contribution in [0.3, 0.4) is 0 Å². The summed E-state index contributed by atoms with van der Waals surface area (Å²) in [5.41, 5.74) is 0.636. The van der Waals surface area contributed by atoms with E-state index in [4.69, 9.17) is 0 Å². The molecule has 0 atom stereocenters. The molecule has 0 saturated heterocycles. The standard InChI is InChI=1S/C11H11BrN2O/c12-10-7-13-6-5-9(10)11(15)14-8-3-1-2-4-8/h1-2,5-8H,3-4H2,(H,14,15). The van der Waals surface area contributed by atoms with Crippen LogP contribution in [0.2, 0.25) is 0 Å². The van der Waals surface area contributed by atoms with Gasteiger partial charge in [0.25, 0.3) is 5.91 Å². The van der Waals surface area contributed by atoms with Crippen molar-refractivity contribution in [2.75, 3.05) is 0 Å². The van der Waals surface area contributed by atoms with E-state index in [-0.39, 0.29) is 11.9 Å². The molecule has 2 rings (SSSR count). The van der Waals surface area contributed by atoms with Crippen molar-refractivity contribution < 1.29 is 4.79 Å².